The average molecular weight is 280 g/mol. The van der Waals surface area contributed by atoms with Crippen LogP contribution in [0.25, 0.3) is 5.65 Å². The molecule has 0 saturated carbocycles. The van der Waals surface area contributed by atoms with Crippen molar-refractivity contribution >= 4 is 29.2 Å². The molecule has 0 aliphatic carbocycles. The Labute approximate surface area is 112 Å². The van der Waals surface area contributed by atoms with Gasteiger partial charge < -0.3 is 10.0 Å². The first-order chi connectivity index (χ1) is 9.24. The fourth-order valence-electron chi connectivity index (χ4n) is 2.12. The molecule has 8 nitrogen and oxygen atoms in total. The maximum absolute atomic E-state index is 10.9. The van der Waals surface area contributed by atoms with Crippen LogP contribution in [0.5, 0.6) is 0 Å². The predicted octanol–water partition coefficient (Wildman–Crippen LogP) is -0.0842. The number of aliphatic carboxylic acids is 1. The summed E-state index contributed by atoms with van der Waals surface area (Å²) in [5, 5.41) is 24.4. The zero-order valence-electron chi connectivity index (χ0n) is 10.0. The second-order valence-corrected chi connectivity index (χ2v) is 5.39. The van der Waals surface area contributed by atoms with Crippen LogP contribution in [-0.4, -0.2) is 60.4 Å². The Morgan fingerprint density at radius 2 is 2.42 bits per heavy atom. The summed E-state index contributed by atoms with van der Waals surface area (Å²) in [6.07, 6.45) is 0.113. The van der Waals surface area contributed by atoms with Gasteiger partial charge in [-0.2, -0.15) is 11.8 Å². The van der Waals surface area contributed by atoms with E-state index in [-0.39, 0.29) is 12.5 Å². The first-order valence-corrected chi connectivity index (χ1v) is 7.01. The zero-order chi connectivity index (χ0) is 13.2. The van der Waals surface area contributed by atoms with Crippen molar-refractivity contribution in [1.82, 2.24) is 25.3 Å². The highest BCUT2D eigenvalue weighted by Gasteiger charge is 2.26. The number of fused-ring (bicyclic) bond motifs is 1. The van der Waals surface area contributed by atoms with Crippen LogP contribution in [0.1, 0.15) is 6.42 Å². The van der Waals surface area contributed by atoms with E-state index in [4.69, 9.17) is 5.11 Å². The molecular formula is C10H12N6O2S. The monoisotopic (exact) mass is 280 g/mol. The van der Waals surface area contributed by atoms with Gasteiger partial charge in [0.2, 0.25) is 0 Å². The lowest BCUT2D eigenvalue weighted by atomic mass is 10.2. The van der Waals surface area contributed by atoms with Crippen LogP contribution in [0.3, 0.4) is 0 Å². The van der Waals surface area contributed by atoms with Gasteiger partial charge in [0.15, 0.2) is 11.5 Å². The van der Waals surface area contributed by atoms with Gasteiger partial charge in [-0.3, -0.25) is 4.79 Å². The maximum atomic E-state index is 10.9. The minimum absolute atomic E-state index is 0.0438. The quantitative estimate of drug-likeness (QED) is 0.833. The number of rotatable bonds is 3. The predicted molar refractivity (Wildman–Crippen MR) is 69.3 cm³/mol. The first-order valence-electron chi connectivity index (χ1n) is 5.85. The Bertz CT molecular complexity index is 602. The molecule has 1 N–H and O–H groups in total. The van der Waals surface area contributed by atoms with E-state index in [1.165, 1.54) is 4.63 Å². The van der Waals surface area contributed by atoms with Gasteiger partial charge in [0, 0.05) is 24.1 Å². The van der Waals surface area contributed by atoms with E-state index in [2.05, 4.69) is 20.6 Å². The van der Waals surface area contributed by atoms with Gasteiger partial charge in [0.1, 0.15) is 0 Å². The van der Waals surface area contributed by atoms with Gasteiger partial charge in [0.25, 0.3) is 0 Å². The van der Waals surface area contributed by atoms with Gasteiger partial charge in [-0.1, -0.05) is 0 Å². The molecule has 0 spiro atoms. The lowest BCUT2D eigenvalue weighted by Gasteiger charge is -2.35. The summed E-state index contributed by atoms with van der Waals surface area (Å²) in [5.74, 6) is 1.68. The Morgan fingerprint density at radius 3 is 3.26 bits per heavy atom. The minimum Gasteiger partial charge on any atom is -0.481 e. The largest absolute Gasteiger partial charge is 0.481 e. The van der Waals surface area contributed by atoms with Crippen LogP contribution < -0.4 is 4.90 Å². The third-order valence-electron chi connectivity index (χ3n) is 2.99. The van der Waals surface area contributed by atoms with Crippen molar-refractivity contribution in [2.75, 3.05) is 23.0 Å². The lowest BCUT2D eigenvalue weighted by Crippen LogP contribution is -2.44. The number of carboxylic acid groups (broad SMARTS) is 1. The van der Waals surface area contributed by atoms with Gasteiger partial charge in [0.05, 0.1) is 6.42 Å². The van der Waals surface area contributed by atoms with E-state index in [0.29, 0.717) is 11.5 Å². The van der Waals surface area contributed by atoms with Crippen LogP contribution in [0, 0.1) is 0 Å². The van der Waals surface area contributed by atoms with E-state index >= 15 is 0 Å². The van der Waals surface area contributed by atoms with Crippen molar-refractivity contribution in [1.29, 1.82) is 0 Å². The molecule has 1 unspecified atom stereocenters. The number of nitrogens with zero attached hydrogens (tertiary/aromatic N) is 6. The SMILES string of the molecule is O=C(O)CC1CSCCN1c1ccc2nnnn2n1. The standard InChI is InChI=1S/C10H12N6O2S/c17-10(18)5-7-6-19-4-3-15(7)9-2-1-8-11-13-14-16(8)12-9/h1-2,7H,3-6H2,(H,17,18). The highest BCUT2D eigenvalue weighted by Crippen LogP contribution is 2.24. The average Bonchev–Trinajstić information content (AvgIpc) is 2.86. The number of carboxylic acids is 1. The number of carbonyl (C=O) groups is 1. The molecule has 1 aliphatic rings. The number of aromatic nitrogens is 5. The van der Waals surface area contributed by atoms with Crippen molar-refractivity contribution < 1.29 is 9.90 Å². The molecule has 0 aromatic carbocycles. The van der Waals surface area contributed by atoms with Gasteiger partial charge in [-0.05, 0) is 22.6 Å². The number of anilines is 1. The van der Waals surface area contributed by atoms with Crippen LogP contribution in [0.4, 0.5) is 5.82 Å². The zero-order valence-corrected chi connectivity index (χ0v) is 10.8. The Hall–Kier alpha value is -1.90. The molecule has 3 rings (SSSR count). The minimum atomic E-state index is -0.791. The summed E-state index contributed by atoms with van der Waals surface area (Å²) in [5.41, 5.74) is 0.574. The second-order valence-electron chi connectivity index (χ2n) is 4.24. The molecule has 2 aromatic heterocycles. The van der Waals surface area contributed by atoms with Crippen molar-refractivity contribution in [3.05, 3.63) is 12.1 Å². The summed E-state index contributed by atoms with van der Waals surface area (Å²) >= 11 is 1.77. The van der Waals surface area contributed by atoms with E-state index in [0.717, 1.165) is 18.1 Å². The highest BCUT2D eigenvalue weighted by atomic mass is 32.2. The Balaban J connectivity index is 1.90. The van der Waals surface area contributed by atoms with Gasteiger partial charge in [-0.25, -0.2) is 0 Å². The third kappa shape index (κ3) is 2.46. The van der Waals surface area contributed by atoms with Crippen LogP contribution in [0.2, 0.25) is 0 Å². The molecule has 0 amide bonds. The summed E-state index contributed by atoms with van der Waals surface area (Å²) in [7, 11) is 0. The van der Waals surface area contributed by atoms with E-state index < -0.39 is 5.97 Å². The third-order valence-corrected chi connectivity index (χ3v) is 4.08. The molecule has 1 fully saturated rings. The second kappa shape index (κ2) is 5.00. The van der Waals surface area contributed by atoms with Crippen molar-refractivity contribution in [3.63, 3.8) is 0 Å². The molecule has 0 radical (unpaired) electrons. The fourth-order valence-corrected chi connectivity index (χ4v) is 3.18. The number of hydrogen-bond acceptors (Lipinski definition) is 7. The van der Waals surface area contributed by atoms with Gasteiger partial charge >= 0.3 is 5.97 Å². The summed E-state index contributed by atoms with van der Waals surface area (Å²) in [6.45, 7) is 0.781. The Kier molecular flexibility index (Phi) is 3.20. The molecule has 1 saturated heterocycles. The number of tetrazole rings is 1. The molecule has 19 heavy (non-hydrogen) atoms. The number of thioether (sulfide) groups is 1. The molecular weight excluding hydrogens is 268 g/mol. The molecule has 100 valence electrons. The smallest absolute Gasteiger partial charge is 0.305 e. The van der Waals surface area contributed by atoms with Crippen LogP contribution in [0.15, 0.2) is 12.1 Å². The Morgan fingerprint density at radius 1 is 1.53 bits per heavy atom. The van der Waals surface area contributed by atoms with Crippen molar-refractivity contribution in [3.8, 4) is 0 Å². The van der Waals surface area contributed by atoms with Crippen molar-refractivity contribution in [2.45, 2.75) is 12.5 Å². The van der Waals surface area contributed by atoms with Gasteiger partial charge in [-0.15, -0.1) is 14.8 Å². The maximum Gasteiger partial charge on any atom is 0.305 e. The summed E-state index contributed by atoms with van der Waals surface area (Å²) in [6, 6.07) is 3.57. The molecule has 2 aromatic rings. The summed E-state index contributed by atoms with van der Waals surface area (Å²) in [4.78, 5) is 12.9. The van der Waals surface area contributed by atoms with E-state index in [1.807, 2.05) is 11.0 Å². The van der Waals surface area contributed by atoms with Crippen molar-refractivity contribution in [2.24, 2.45) is 0 Å². The molecule has 1 atom stereocenters. The lowest BCUT2D eigenvalue weighted by molar-refractivity contribution is -0.137. The molecule has 1 aliphatic heterocycles. The molecule has 9 heteroatoms. The highest BCUT2D eigenvalue weighted by molar-refractivity contribution is 7.99. The van der Waals surface area contributed by atoms with Crippen LogP contribution >= 0.6 is 11.8 Å². The fraction of sp³-hybridized carbons (Fsp3) is 0.500. The van der Waals surface area contributed by atoms with Crippen LogP contribution in [-0.2, 0) is 4.79 Å². The topological polar surface area (TPSA) is 96.5 Å². The van der Waals surface area contributed by atoms with E-state index in [9.17, 15) is 4.79 Å². The first kappa shape index (κ1) is 12.2. The molecule has 0 bridgehead atoms. The normalized spacial score (nSPS) is 19.8. The van der Waals surface area contributed by atoms with E-state index in [1.54, 1.807) is 17.8 Å². The molecule has 3 heterocycles. The number of hydrogen-bond donors (Lipinski definition) is 1. The summed E-state index contributed by atoms with van der Waals surface area (Å²) < 4.78 is 1.36.